The summed E-state index contributed by atoms with van der Waals surface area (Å²) in [6.07, 6.45) is 5.40. The lowest BCUT2D eigenvalue weighted by atomic mass is 9.83. The second kappa shape index (κ2) is 6.49. The lowest BCUT2D eigenvalue weighted by molar-refractivity contribution is -0.164. The molecule has 1 aromatic carbocycles. The van der Waals surface area contributed by atoms with Crippen LogP contribution in [-0.4, -0.2) is 35.1 Å². The zero-order valence-electron chi connectivity index (χ0n) is 15.4. The van der Waals surface area contributed by atoms with E-state index in [4.69, 9.17) is 9.47 Å². The Hall–Kier alpha value is -2.24. The molecule has 1 N–H and O–H groups in total. The number of hydrogen-bond acceptors (Lipinski definition) is 4. The van der Waals surface area contributed by atoms with Crippen molar-refractivity contribution in [3.8, 4) is 11.5 Å². The van der Waals surface area contributed by atoms with Crippen molar-refractivity contribution in [1.29, 1.82) is 0 Å². The van der Waals surface area contributed by atoms with E-state index >= 15 is 0 Å². The molecule has 2 unspecified atom stereocenters. The number of rotatable bonds is 5. The average molecular weight is 358 g/mol. The summed E-state index contributed by atoms with van der Waals surface area (Å²) in [5, 5.41) is 3.18. The zero-order valence-corrected chi connectivity index (χ0v) is 15.4. The largest absolute Gasteiger partial charge is 0.454 e. The summed E-state index contributed by atoms with van der Waals surface area (Å²) < 4.78 is 10.8. The van der Waals surface area contributed by atoms with Crippen LogP contribution in [0.1, 0.15) is 64.0 Å². The van der Waals surface area contributed by atoms with E-state index in [0.717, 1.165) is 37.0 Å². The van der Waals surface area contributed by atoms with Crippen molar-refractivity contribution in [1.82, 2.24) is 10.2 Å². The molecule has 1 saturated heterocycles. The number of carbonyl (C=O) groups is 2. The fourth-order valence-corrected chi connectivity index (χ4v) is 4.27. The highest BCUT2D eigenvalue weighted by Crippen LogP contribution is 2.44. The summed E-state index contributed by atoms with van der Waals surface area (Å²) in [4.78, 5) is 27.3. The van der Waals surface area contributed by atoms with Gasteiger partial charge in [-0.15, -0.1) is 0 Å². The lowest BCUT2D eigenvalue weighted by Crippen LogP contribution is -2.65. The Labute approximate surface area is 153 Å². The van der Waals surface area contributed by atoms with Gasteiger partial charge in [0.05, 0.1) is 12.5 Å². The molecule has 26 heavy (non-hydrogen) atoms. The summed E-state index contributed by atoms with van der Waals surface area (Å²) >= 11 is 0. The molecule has 6 nitrogen and oxygen atoms in total. The summed E-state index contributed by atoms with van der Waals surface area (Å²) in [5.74, 6) is 1.42. The zero-order chi connectivity index (χ0) is 18.3. The number of likely N-dealkylation sites (tertiary alicyclic amines) is 1. The highest BCUT2D eigenvalue weighted by molar-refractivity contribution is 5.94. The fourth-order valence-electron chi connectivity index (χ4n) is 4.27. The SMILES string of the molecule is CCC(C)(C(=O)NC1CCCC1)N1C(=O)CC1c1ccc2c(c1)OCO2. The molecule has 0 radical (unpaired) electrons. The van der Waals surface area contributed by atoms with Gasteiger partial charge in [0.15, 0.2) is 11.5 Å². The molecule has 3 aliphatic rings. The summed E-state index contributed by atoms with van der Waals surface area (Å²) in [6, 6.07) is 5.91. The van der Waals surface area contributed by atoms with Gasteiger partial charge < -0.3 is 19.7 Å². The summed E-state index contributed by atoms with van der Waals surface area (Å²) in [6.45, 7) is 4.08. The van der Waals surface area contributed by atoms with Gasteiger partial charge in [-0.1, -0.05) is 25.8 Å². The van der Waals surface area contributed by atoms with Gasteiger partial charge in [0, 0.05) is 6.04 Å². The predicted molar refractivity (Wildman–Crippen MR) is 95.9 cm³/mol. The van der Waals surface area contributed by atoms with Crippen LogP contribution >= 0.6 is 0 Å². The van der Waals surface area contributed by atoms with Gasteiger partial charge in [0.1, 0.15) is 5.54 Å². The molecule has 0 spiro atoms. The van der Waals surface area contributed by atoms with Gasteiger partial charge in [-0.25, -0.2) is 0 Å². The van der Waals surface area contributed by atoms with Crippen molar-refractivity contribution in [2.45, 2.75) is 70.0 Å². The number of ether oxygens (including phenoxy) is 2. The maximum atomic E-state index is 13.0. The maximum absolute atomic E-state index is 13.0. The van der Waals surface area contributed by atoms with Crippen molar-refractivity contribution >= 4 is 11.8 Å². The van der Waals surface area contributed by atoms with Crippen LogP contribution in [0.2, 0.25) is 0 Å². The Kier molecular flexibility index (Phi) is 4.29. The van der Waals surface area contributed by atoms with E-state index < -0.39 is 5.54 Å². The van der Waals surface area contributed by atoms with Crippen LogP contribution in [0.3, 0.4) is 0 Å². The number of carbonyl (C=O) groups excluding carboxylic acids is 2. The normalized spacial score (nSPS) is 24.3. The molecule has 2 amide bonds. The van der Waals surface area contributed by atoms with Crippen LogP contribution in [0.15, 0.2) is 18.2 Å². The lowest BCUT2D eigenvalue weighted by Gasteiger charge is -2.51. The number of benzene rings is 1. The Morgan fingerprint density at radius 2 is 2.00 bits per heavy atom. The Morgan fingerprint density at radius 3 is 2.69 bits per heavy atom. The third-order valence-electron chi connectivity index (χ3n) is 6.13. The second-order valence-electron chi connectivity index (χ2n) is 7.68. The Balaban J connectivity index is 1.56. The molecule has 0 aromatic heterocycles. The molecule has 1 aliphatic carbocycles. The maximum Gasteiger partial charge on any atom is 0.245 e. The molecular weight excluding hydrogens is 332 g/mol. The molecule has 4 rings (SSSR count). The number of β-lactam (4-membered cyclic amide) rings is 1. The molecule has 0 bridgehead atoms. The van der Waals surface area contributed by atoms with Crippen molar-refractivity contribution in [3.63, 3.8) is 0 Å². The van der Waals surface area contributed by atoms with E-state index in [1.807, 2.05) is 32.0 Å². The molecule has 2 heterocycles. The minimum absolute atomic E-state index is 0.0265. The minimum atomic E-state index is -0.834. The smallest absolute Gasteiger partial charge is 0.245 e. The van der Waals surface area contributed by atoms with Crippen LogP contribution in [0.4, 0.5) is 0 Å². The molecular formula is C20H26N2O4. The van der Waals surface area contributed by atoms with E-state index in [0.29, 0.717) is 18.6 Å². The van der Waals surface area contributed by atoms with Crippen LogP contribution < -0.4 is 14.8 Å². The number of fused-ring (bicyclic) bond motifs is 1. The van der Waals surface area contributed by atoms with Gasteiger partial charge in [0.25, 0.3) is 0 Å². The van der Waals surface area contributed by atoms with Crippen LogP contribution in [-0.2, 0) is 9.59 Å². The quantitative estimate of drug-likeness (QED) is 0.822. The van der Waals surface area contributed by atoms with Crippen molar-refractivity contribution in [2.24, 2.45) is 0 Å². The topological polar surface area (TPSA) is 67.9 Å². The Morgan fingerprint density at radius 1 is 1.27 bits per heavy atom. The molecule has 6 heteroatoms. The highest BCUT2D eigenvalue weighted by atomic mass is 16.7. The molecule has 140 valence electrons. The van der Waals surface area contributed by atoms with Crippen LogP contribution in [0, 0.1) is 0 Å². The Bertz CT molecular complexity index is 729. The molecule has 1 aromatic rings. The summed E-state index contributed by atoms with van der Waals surface area (Å²) in [5.41, 5.74) is 0.154. The first-order valence-corrected chi connectivity index (χ1v) is 9.55. The number of amides is 2. The van der Waals surface area contributed by atoms with E-state index in [1.165, 1.54) is 0 Å². The first kappa shape index (κ1) is 17.2. The molecule has 2 fully saturated rings. The molecule has 2 aliphatic heterocycles. The minimum Gasteiger partial charge on any atom is -0.454 e. The van der Waals surface area contributed by atoms with E-state index in [1.54, 1.807) is 4.90 Å². The number of hydrogen-bond donors (Lipinski definition) is 1. The van der Waals surface area contributed by atoms with Crippen molar-refractivity contribution < 1.29 is 19.1 Å². The van der Waals surface area contributed by atoms with Gasteiger partial charge in [-0.3, -0.25) is 9.59 Å². The second-order valence-corrected chi connectivity index (χ2v) is 7.68. The first-order valence-electron chi connectivity index (χ1n) is 9.55. The highest BCUT2D eigenvalue weighted by Gasteiger charge is 2.51. The van der Waals surface area contributed by atoms with E-state index in [9.17, 15) is 9.59 Å². The van der Waals surface area contributed by atoms with Gasteiger partial charge >= 0.3 is 0 Å². The number of nitrogens with zero attached hydrogens (tertiary/aromatic N) is 1. The fraction of sp³-hybridized carbons (Fsp3) is 0.600. The van der Waals surface area contributed by atoms with Crippen LogP contribution in [0.5, 0.6) is 11.5 Å². The molecule has 1 saturated carbocycles. The number of nitrogens with one attached hydrogen (secondary N) is 1. The standard InChI is InChI=1S/C20H26N2O4/c1-3-20(2,19(24)21-14-6-4-5-7-14)22-15(11-18(22)23)13-8-9-16-17(10-13)26-12-25-16/h8-10,14-15H,3-7,11-12H2,1-2H3,(H,21,24). The van der Waals surface area contributed by atoms with Crippen molar-refractivity contribution in [3.05, 3.63) is 23.8 Å². The first-order chi connectivity index (χ1) is 12.5. The summed E-state index contributed by atoms with van der Waals surface area (Å²) in [7, 11) is 0. The van der Waals surface area contributed by atoms with Gasteiger partial charge in [0.2, 0.25) is 18.6 Å². The van der Waals surface area contributed by atoms with Crippen LogP contribution in [0.25, 0.3) is 0 Å². The van der Waals surface area contributed by atoms with Gasteiger partial charge in [-0.05, 0) is 43.9 Å². The monoisotopic (exact) mass is 358 g/mol. The van der Waals surface area contributed by atoms with Gasteiger partial charge in [-0.2, -0.15) is 0 Å². The predicted octanol–water partition coefficient (Wildman–Crippen LogP) is 2.92. The third-order valence-corrected chi connectivity index (χ3v) is 6.13. The molecule has 2 atom stereocenters. The average Bonchev–Trinajstić information content (AvgIpc) is 3.29. The van der Waals surface area contributed by atoms with E-state index in [2.05, 4.69) is 5.32 Å². The van der Waals surface area contributed by atoms with Crippen molar-refractivity contribution in [2.75, 3.05) is 6.79 Å². The van der Waals surface area contributed by atoms with E-state index in [-0.39, 0.29) is 30.7 Å². The third kappa shape index (κ3) is 2.72.